The third-order valence-corrected chi connectivity index (χ3v) is 2.75. The Labute approximate surface area is 122 Å². The zero-order valence-electron chi connectivity index (χ0n) is 11.5. The number of hydrogen-bond acceptors (Lipinski definition) is 5. The lowest BCUT2D eigenvalue weighted by Gasteiger charge is -2.04. The van der Waals surface area contributed by atoms with Crippen molar-refractivity contribution in [2.24, 2.45) is 0 Å². The number of nitrogen functional groups attached to an aromatic ring is 1. The minimum absolute atomic E-state index is 0.0278. The number of aliphatic hydroxyl groups excluding tert-OH is 1. The average molecular weight is 290 g/mol. The molecule has 0 atom stereocenters. The summed E-state index contributed by atoms with van der Waals surface area (Å²) >= 11 is 0. The van der Waals surface area contributed by atoms with E-state index in [1.807, 2.05) is 12.1 Å². The highest BCUT2D eigenvalue weighted by Crippen LogP contribution is 2.10. The van der Waals surface area contributed by atoms with Gasteiger partial charge in [0.05, 0.1) is 25.5 Å². The summed E-state index contributed by atoms with van der Waals surface area (Å²) in [7, 11) is 0. The molecule has 0 bridgehead atoms. The summed E-state index contributed by atoms with van der Waals surface area (Å²) in [5.74, 6) is -0.267. The molecule has 2 rings (SSSR count). The van der Waals surface area contributed by atoms with Gasteiger partial charge in [-0.1, -0.05) is 0 Å². The smallest absolute Gasteiger partial charge is 0.271 e. The van der Waals surface area contributed by atoms with Gasteiger partial charge in [-0.15, -0.1) is 0 Å². The zero-order valence-corrected chi connectivity index (χ0v) is 11.5. The summed E-state index contributed by atoms with van der Waals surface area (Å²) in [6, 6.07) is 8.84. The van der Waals surface area contributed by atoms with E-state index < -0.39 is 0 Å². The summed E-state index contributed by atoms with van der Waals surface area (Å²) in [4.78, 5) is 11.9. The number of amides is 1. The van der Waals surface area contributed by atoms with Crippen molar-refractivity contribution in [1.29, 1.82) is 0 Å². The first-order chi connectivity index (χ1) is 10.2. The summed E-state index contributed by atoms with van der Waals surface area (Å²) in [5.41, 5.74) is 7.46. The third kappa shape index (κ3) is 4.30. The number of carbonyl (C=O) groups is 1. The topological polar surface area (TPSA) is 102 Å². The van der Waals surface area contributed by atoms with E-state index in [1.165, 1.54) is 0 Å². The number of hydrogen-bond donors (Lipinski definition) is 3. The van der Waals surface area contributed by atoms with Crippen molar-refractivity contribution in [3.63, 3.8) is 0 Å². The van der Waals surface area contributed by atoms with Gasteiger partial charge in [0.1, 0.15) is 0 Å². The van der Waals surface area contributed by atoms with Gasteiger partial charge in [0.25, 0.3) is 5.91 Å². The van der Waals surface area contributed by atoms with Crippen LogP contribution in [0.3, 0.4) is 0 Å². The Kier molecular flexibility index (Phi) is 5.30. The highest BCUT2D eigenvalue weighted by molar-refractivity contribution is 5.92. The van der Waals surface area contributed by atoms with Crippen LogP contribution in [-0.2, 0) is 4.74 Å². The highest BCUT2D eigenvalue weighted by Gasteiger charge is 2.09. The molecule has 1 aromatic heterocycles. The van der Waals surface area contributed by atoms with Gasteiger partial charge in [-0.25, -0.2) is 4.68 Å². The molecule has 0 aliphatic carbocycles. The normalized spacial score (nSPS) is 10.5. The quantitative estimate of drug-likeness (QED) is 0.499. The van der Waals surface area contributed by atoms with E-state index in [0.717, 1.165) is 5.69 Å². The van der Waals surface area contributed by atoms with Crippen molar-refractivity contribution in [3.8, 4) is 5.69 Å². The molecule has 2 aromatic rings. The summed E-state index contributed by atoms with van der Waals surface area (Å²) in [6.07, 6.45) is 1.71. The first-order valence-electron chi connectivity index (χ1n) is 6.59. The summed E-state index contributed by atoms with van der Waals surface area (Å²) in [6.45, 7) is 0.958. The van der Waals surface area contributed by atoms with Crippen molar-refractivity contribution in [1.82, 2.24) is 15.1 Å². The van der Waals surface area contributed by atoms with E-state index in [4.69, 9.17) is 15.6 Å². The van der Waals surface area contributed by atoms with E-state index in [0.29, 0.717) is 24.5 Å². The van der Waals surface area contributed by atoms with Crippen molar-refractivity contribution in [2.45, 2.75) is 0 Å². The van der Waals surface area contributed by atoms with Gasteiger partial charge >= 0.3 is 0 Å². The zero-order chi connectivity index (χ0) is 15.1. The highest BCUT2D eigenvalue weighted by atomic mass is 16.5. The maximum Gasteiger partial charge on any atom is 0.271 e. The molecule has 7 nitrogen and oxygen atoms in total. The second-order valence-electron chi connectivity index (χ2n) is 4.33. The molecular weight excluding hydrogens is 272 g/mol. The fourth-order valence-electron chi connectivity index (χ4n) is 1.71. The number of aromatic nitrogens is 2. The molecule has 0 saturated carbocycles. The molecule has 0 radical (unpaired) electrons. The first-order valence-corrected chi connectivity index (χ1v) is 6.59. The lowest BCUT2D eigenvalue weighted by Crippen LogP contribution is -2.28. The van der Waals surface area contributed by atoms with E-state index >= 15 is 0 Å². The van der Waals surface area contributed by atoms with Crippen molar-refractivity contribution >= 4 is 11.6 Å². The van der Waals surface area contributed by atoms with E-state index in [2.05, 4.69) is 10.4 Å². The van der Waals surface area contributed by atoms with Crippen molar-refractivity contribution < 1.29 is 14.6 Å². The van der Waals surface area contributed by atoms with Crippen molar-refractivity contribution in [2.75, 3.05) is 32.1 Å². The van der Waals surface area contributed by atoms with Gasteiger partial charge < -0.3 is 20.9 Å². The maximum atomic E-state index is 11.9. The second kappa shape index (κ2) is 7.41. The Morgan fingerprint density at radius 2 is 2.05 bits per heavy atom. The number of benzene rings is 1. The number of aliphatic hydroxyl groups is 1. The first kappa shape index (κ1) is 15.0. The number of nitrogens with one attached hydrogen (secondary N) is 1. The molecule has 0 fully saturated rings. The molecule has 0 aliphatic rings. The van der Waals surface area contributed by atoms with Crippen LogP contribution in [-0.4, -0.2) is 47.2 Å². The van der Waals surface area contributed by atoms with Crippen LogP contribution in [0.15, 0.2) is 36.5 Å². The molecule has 7 heteroatoms. The molecule has 112 valence electrons. The molecule has 4 N–H and O–H groups in total. The van der Waals surface area contributed by atoms with Crippen LogP contribution in [0.4, 0.5) is 5.69 Å². The minimum atomic E-state index is -0.267. The summed E-state index contributed by atoms with van der Waals surface area (Å²) in [5, 5.41) is 15.4. The molecule has 1 heterocycles. The fraction of sp³-hybridized carbons (Fsp3) is 0.286. The van der Waals surface area contributed by atoms with Gasteiger partial charge in [-0.2, -0.15) is 5.10 Å². The van der Waals surface area contributed by atoms with Gasteiger partial charge in [-0.3, -0.25) is 4.79 Å². The second-order valence-corrected chi connectivity index (χ2v) is 4.33. The predicted molar refractivity (Wildman–Crippen MR) is 78.2 cm³/mol. The van der Waals surface area contributed by atoms with Gasteiger partial charge in [-0.05, 0) is 30.3 Å². The molecule has 0 spiro atoms. The molecule has 0 unspecified atom stereocenters. The van der Waals surface area contributed by atoms with E-state index in [9.17, 15) is 4.79 Å². The number of carbonyl (C=O) groups excluding carboxylic acids is 1. The third-order valence-electron chi connectivity index (χ3n) is 2.75. The Balaban J connectivity index is 1.90. The van der Waals surface area contributed by atoms with Crippen LogP contribution >= 0.6 is 0 Å². The maximum absolute atomic E-state index is 11.9. The van der Waals surface area contributed by atoms with E-state index in [-0.39, 0.29) is 19.1 Å². The van der Waals surface area contributed by atoms with Crippen LogP contribution in [0.5, 0.6) is 0 Å². The van der Waals surface area contributed by atoms with Gasteiger partial charge in [0.2, 0.25) is 0 Å². The number of nitrogens with zero attached hydrogens (tertiary/aromatic N) is 2. The van der Waals surface area contributed by atoms with Crippen molar-refractivity contribution in [3.05, 3.63) is 42.2 Å². The molecular formula is C14H18N4O3. The lowest BCUT2D eigenvalue weighted by molar-refractivity contribution is 0.0835. The number of anilines is 1. The molecule has 0 saturated heterocycles. The monoisotopic (exact) mass is 290 g/mol. The molecule has 21 heavy (non-hydrogen) atoms. The van der Waals surface area contributed by atoms with Crippen LogP contribution < -0.4 is 11.1 Å². The number of nitrogens with two attached hydrogens (primary N) is 1. The lowest BCUT2D eigenvalue weighted by atomic mass is 10.3. The molecule has 1 aromatic carbocycles. The molecule has 1 amide bonds. The van der Waals surface area contributed by atoms with Gasteiger partial charge in [0, 0.05) is 18.4 Å². The van der Waals surface area contributed by atoms with E-state index in [1.54, 1.807) is 29.1 Å². The van der Waals surface area contributed by atoms with Crippen LogP contribution in [0.1, 0.15) is 10.5 Å². The number of ether oxygens (including phenoxy) is 1. The average Bonchev–Trinajstić information content (AvgIpc) is 2.97. The predicted octanol–water partition coefficient (Wildman–Crippen LogP) is 0.193. The largest absolute Gasteiger partial charge is 0.399 e. The molecule has 0 aliphatic heterocycles. The van der Waals surface area contributed by atoms with Crippen LogP contribution in [0.25, 0.3) is 5.69 Å². The van der Waals surface area contributed by atoms with Crippen LogP contribution in [0.2, 0.25) is 0 Å². The standard InChI is InChI=1S/C14H18N4O3/c15-11-1-3-12(4-2-11)18-7-5-13(17-18)14(20)16-6-9-21-10-8-19/h1-5,7,19H,6,8-10,15H2,(H,16,20). The minimum Gasteiger partial charge on any atom is -0.399 e. The Morgan fingerprint density at radius 3 is 2.76 bits per heavy atom. The van der Waals surface area contributed by atoms with Gasteiger partial charge in [0.15, 0.2) is 5.69 Å². The Bertz CT molecular complexity index is 580. The Hall–Kier alpha value is -2.38. The Morgan fingerprint density at radius 1 is 1.29 bits per heavy atom. The van der Waals surface area contributed by atoms with Crippen LogP contribution in [0, 0.1) is 0 Å². The fourth-order valence-corrected chi connectivity index (χ4v) is 1.71. The SMILES string of the molecule is Nc1ccc(-n2ccc(C(=O)NCCOCCO)n2)cc1. The summed E-state index contributed by atoms with van der Waals surface area (Å²) < 4.78 is 6.66. The number of rotatable bonds is 7.